The number of hydrogen-bond donors (Lipinski definition) is 1. The van der Waals surface area contributed by atoms with Crippen LogP contribution in [0.1, 0.15) is 0 Å². The van der Waals surface area contributed by atoms with E-state index < -0.39 is 12.7 Å². The first kappa shape index (κ1) is 15.6. The molecule has 3 aromatic carbocycles. The average molecular weight is 346 g/mol. The first-order valence-electron chi connectivity index (χ1n) is 7.90. The van der Waals surface area contributed by atoms with E-state index in [2.05, 4.69) is 9.97 Å². The second-order valence-corrected chi connectivity index (χ2v) is 8.36. The van der Waals surface area contributed by atoms with Gasteiger partial charge in [-0.1, -0.05) is 72.8 Å². The summed E-state index contributed by atoms with van der Waals surface area (Å²) in [7, 11) is -3.37. The summed E-state index contributed by atoms with van der Waals surface area (Å²) in [6.45, 7) is 0. The minimum absolute atomic E-state index is 0.0589. The topological polar surface area (TPSA) is 62.8 Å². The van der Waals surface area contributed by atoms with Crippen molar-refractivity contribution in [1.29, 1.82) is 0 Å². The molecule has 0 spiro atoms. The van der Waals surface area contributed by atoms with Gasteiger partial charge >= 0.3 is 0 Å². The Bertz CT molecular complexity index is 1090. The minimum atomic E-state index is -3.37. The van der Waals surface area contributed by atoms with Crippen LogP contribution in [-0.4, -0.2) is 9.97 Å². The number of para-hydroxylation sites is 2. The molecular weight excluding hydrogens is 331 g/mol. The maximum absolute atomic E-state index is 14.2. The molecular formula is C20H15N2O2P. The molecule has 4 aromatic rings. The lowest BCUT2D eigenvalue weighted by atomic mass is 10.3. The van der Waals surface area contributed by atoms with Crippen molar-refractivity contribution in [2.75, 3.05) is 0 Å². The lowest BCUT2D eigenvalue weighted by Crippen LogP contribution is -2.38. The maximum Gasteiger partial charge on any atom is 0.278 e. The fourth-order valence-corrected chi connectivity index (χ4v) is 5.46. The molecule has 0 atom stereocenters. The molecule has 0 aliphatic carbocycles. The molecule has 4 nitrogen and oxygen atoms in total. The molecule has 0 fully saturated rings. The summed E-state index contributed by atoms with van der Waals surface area (Å²) in [6, 6.07) is 25.4. The predicted octanol–water partition coefficient (Wildman–Crippen LogP) is 2.56. The SMILES string of the molecule is O=c1[nH]c2ccccc2nc1P(=O)(c1ccccc1)c1ccccc1. The maximum atomic E-state index is 14.2. The van der Waals surface area contributed by atoms with Gasteiger partial charge in [0.25, 0.3) is 5.56 Å². The largest absolute Gasteiger partial charge is 0.319 e. The summed E-state index contributed by atoms with van der Waals surface area (Å²) >= 11 is 0. The fourth-order valence-electron chi connectivity index (χ4n) is 2.90. The van der Waals surface area contributed by atoms with Crippen LogP contribution in [0.25, 0.3) is 11.0 Å². The van der Waals surface area contributed by atoms with Crippen LogP contribution in [0.5, 0.6) is 0 Å². The van der Waals surface area contributed by atoms with E-state index in [1.54, 1.807) is 36.4 Å². The summed E-state index contributed by atoms with van der Waals surface area (Å²) in [6.07, 6.45) is 0. The number of aromatic nitrogens is 2. The monoisotopic (exact) mass is 346 g/mol. The number of nitrogens with one attached hydrogen (secondary N) is 1. The standard InChI is InChI=1S/C20H15N2O2P/c23-19-20(22-18-14-8-7-13-17(18)21-19)25(24,15-9-3-1-4-10-15)16-11-5-2-6-12-16/h1-14H,(H,21,23). The van der Waals surface area contributed by atoms with Crippen molar-refractivity contribution in [1.82, 2.24) is 9.97 Å². The van der Waals surface area contributed by atoms with Crippen LogP contribution in [0.15, 0.2) is 89.7 Å². The highest BCUT2D eigenvalue weighted by Crippen LogP contribution is 2.40. The van der Waals surface area contributed by atoms with Crippen molar-refractivity contribution in [3.05, 3.63) is 95.3 Å². The number of nitrogens with zero attached hydrogens (tertiary/aromatic N) is 1. The van der Waals surface area contributed by atoms with Gasteiger partial charge in [-0.2, -0.15) is 0 Å². The van der Waals surface area contributed by atoms with E-state index in [1.807, 2.05) is 48.5 Å². The molecule has 122 valence electrons. The van der Waals surface area contributed by atoms with Gasteiger partial charge in [0.2, 0.25) is 0 Å². The number of rotatable bonds is 3. The fraction of sp³-hybridized carbons (Fsp3) is 0. The molecule has 0 aliphatic heterocycles. The Hall–Kier alpha value is -2.97. The molecule has 0 bridgehead atoms. The summed E-state index contributed by atoms with van der Waals surface area (Å²) in [5, 5.41) is 1.18. The molecule has 0 aliphatic rings. The van der Waals surface area contributed by atoms with Crippen LogP contribution in [0.3, 0.4) is 0 Å². The van der Waals surface area contributed by atoms with Crippen molar-refractivity contribution in [2.45, 2.75) is 0 Å². The van der Waals surface area contributed by atoms with Gasteiger partial charge in [0.1, 0.15) is 0 Å². The Balaban J connectivity index is 2.08. The predicted molar refractivity (Wildman–Crippen MR) is 102 cm³/mol. The van der Waals surface area contributed by atoms with Crippen LogP contribution in [-0.2, 0) is 4.57 Å². The summed E-state index contributed by atoms with van der Waals surface area (Å²) < 4.78 is 14.2. The van der Waals surface area contributed by atoms with Crippen molar-refractivity contribution in [3.63, 3.8) is 0 Å². The third kappa shape index (κ3) is 2.61. The zero-order valence-electron chi connectivity index (χ0n) is 13.3. The number of H-pyrrole nitrogens is 1. The molecule has 0 saturated heterocycles. The third-order valence-electron chi connectivity index (χ3n) is 4.12. The summed E-state index contributed by atoms with van der Waals surface area (Å²) in [5.41, 5.74) is 0.881. The van der Waals surface area contributed by atoms with Crippen LogP contribution in [0.4, 0.5) is 0 Å². The van der Waals surface area contributed by atoms with E-state index in [0.29, 0.717) is 21.6 Å². The van der Waals surface area contributed by atoms with E-state index in [-0.39, 0.29) is 5.44 Å². The van der Waals surface area contributed by atoms with Crippen molar-refractivity contribution in [2.24, 2.45) is 0 Å². The highest BCUT2D eigenvalue weighted by atomic mass is 31.2. The van der Waals surface area contributed by atoms with Crippen molar-refractivity contribution < 1.29 is 4.57 Å². The zero-order valence-corrected chi connectivity index (χ0v) is 14.2. The Labute approximate surface area is 144 Å². The first-order valence-corrected chi connectivity index (χ1v) is 9.61. The molecule has 5 heteroatoms. The minimum Gasteiger partial charge on any atom is -0.319 e. The Morgan fingerprint density at radius 2 is 1.24 bits per heavy atom. The Morgan fingerprint density at radius 1 is 0.720 bits per heavy atom. The van der Waals surface area contributed by atoms with Gasteiger partial charge in [0, 0.05) is 10.6 Å². The molecule has 0 unspecified atom stereocenters. The second-order valence-electron chi connectivity index (χ2n) is 5.69. The Morgan fingerprint density at radius 3 is 1.84 bits per heavy atom. The van der Waals surface area contributed by atoms with Gasteiger partial charge < -0.3 is 9.55 Å². The second kappa shape index (κ2) is 6.15. The normalized spacial score (nSPS) is 11.5. The van der Waals surface area contributed by atoms with E-state index >= 15 is 0 Å². The smallest absolute Gasteiger partial charge is 0.278 e. The number of benzene rings is 3. The molecule has 1 aromatic heterocycles. The van der Waals surface area contributed by atoms with E-state index in [1.165, 1.54) is 0 Å². The van der Waals surface area contributed by atoms with Crippen LogP contribution in [0.2, 0.25) is 0 Å². The molecule has 0 saturated carbocycles. The van der Waals surface area contributed by atoms with Gasteiger partial charge in [-0.25, -0.2) is 4.98 Å². The average Bonchev–Trinajstić information content (AvgIpc) is 2.68. The van der Waals surface area contributed by atoms with Crippen LogP contribution >= 0.6 is 7.14 Å². The van der Waals surface area contributed by atoms with Gasteiger partial charge in [0.05, 0.1) is 11.0 Å². The summed E-state index contributed by atoms with van der Waals surface area (Å²) in [5.74, 6) is 0. The van der Waals surface area contributed by atoms with Gasteiger partial charge in [-0.15, -0.1) is 0 Å². The highest BCUT2D eigenvalue weighted by molar-refractivity contribution is 7.85. The van der Waals surface area contributed by atoms with E-state index in [4.69, 9.17) is 0 Å². The highest BCUT2D eigenvalue weighted by Gasteiger charge is 2.34. The van der Waals surface area contributed by atoms with E-state index in [9.17, 15) is 9.36 Å². The zero-order chi connectivity index (χ0) is 17.3. The number of hydrogen-bond acceptors (Lipinski definition) is 3. The number of aromatic amines is 1. The van der Waals surface area contributed by atoms with Gasteiger partial charge in [0.15, 0.2) is 12.6 Å². The van der Waals surface area contributed by atoms with Crippen LogP contribution < -0.4 is 21.6 Å². The molecule has 4 rings (SSSR count). The van der Waals surface area contributed by atoms with Crippen LogP contribution in [0, 0.1) is 0 Å². The van der Waals surface area contributed by atoms with Crippen molar-refractivity contribution in [3.8, 4) is 0 Å². The molecule has 0 amide bonds. The number of fused-ring (bicyclic) bond motifs is 1. The molecule has 0 radical (unpaired) electrons. The molecule has 1 heterocycles. The van der Waals surface area contributed by atoms with Gasteiger partial charge in [-0.05, 0) is 12.1 Å². The molecule has 25 heavy (non-hydrogen) atoms. The third-order valence-corrected chi connectivity index (χ3v) is 7.07. The van der Waals surface area contributed by atoms with E-state index in [0.717, 1.165) is 0 Å². The first-order chi connectivity index (χ1) is 12.2. The van der Waals surface area contributed by atoms with Crippen molar-refractivity contribution >= 4 is 34.2 Å². The molecule has 1 N–H and O–H groups in total. The lowest BCUT2D eigenvalue weighted by molar-refractivity contribution is 0.592. The van der Waals surface area contributed by atoms with Gasteiger partial charge in [-0.3, -0.25) is 4.79 Å². The quantitative estimate of drug-likeness (QED) is 0.580. The lowest BCUT2D eigenvalue weighted by Gasteiger charge is -2.18. The summed E-state index contributed by atoms with van der Waals surface area (Å²) in [4.78, 5) is 20.0. The Kier molecular flexibility index (Phi) is 3.83.